The summed E-state index contributed by atoms with van der Waals surface area (Å²) in [5.74, 6) is 1.91. The Kier molecular flexibility index (Phi) is 3.21. The zero-order chi connectivity index (χ0) is 14.6. The van der Waals surface area contributed by atoms with E-state index in [0.29, 0.717) is 17.9 Å². The molecule has 0 bridgehead atoms. The number of hydrogen-bond donors (Lipinski definition) is 1. The summed E-state index contributed by atoms with van der Waals surface area (Å²) in [7, 11) is 0. The highest BCUT2D eigenvalue weighted by Crippen LogP contribution is 2.52. The maximum absolute atomic E-state index is 6.53. The molecule has 3 nitrogen and oxygen atoms in total. The van der Waals surface area contributed by atoms with Gasteiger partial charge in [-0.25, -0.2) is 0 Å². The van der Waals surface area contributed by atoms with Crippen LogP contribution in [0.3, 0.4) is 0 Å². The van der Waals surface area contributed by atoms with Gasteiger partial charge in [0.1, 0.15) is 11.4 Å². The van der Waals surface area contributed by atoms with Crippen LogP contribution in [0.25, 0.3) is 0 Å². The summed E-state index contributed by atoms with van der Waals surface area (Å²) in [6.07, 6.45) is 2.74. The Morgan fingerprint density at radius 1 is 1.33 bits per heavy atom. The van der Waals surface area contributed by atoms with E-state index in [2.05, 4.69) is 19.2 Å². The number of rotatable bonds is 0. The van der Waals surface area contributed by atoms with Gasteiger partial charge in [0, 0.05) is 23.0 Å². The van der Waals surface area contributed by atoms with Gasteiger partial charge in [0.05, 0.1) is 12.2 Å². The van der Waals surface area contributed by atoms with Crippen LogP contribution < -0.4 is 10.1 Å². The van der Waals surface area contributed by atoms with Crippen LogP contribution in [-0.2, 0) is 4.74 Å². The van der Waals surface area contributed by atoms with E-state index in [1.165, 1.54) is 0 Å². The molecule has 1 N–H and O–H groups in total. The van der Waals surface area contributed by atoms with Gasteiger partial charge >= 0.3 is 0 Å². The first-order chi connectivity index (χ1) is 10.0. The van der Waals surface area contributed by atoms with Crippen LogP contribution in [0.2, 0.25) is 5.02 Å². The standard InChI is InChI=1S/C17H22ClNO2/c1-17(2)13-7-10-9-19-6-5-14(10)20-16(13)12-8-11(18)3-4-15(12)21-17/h3-4,8,10,13-14,16,19H,5-7,9H2,1-2H3/t10-,13-,14-,16+/m0/s1. The lowest BCUT2D eigenvalue weighted by atomic mass is 9.71. The van der Waals surface area contributed by atoms with Gasteiger partial charge in [0.25, 0.3) is 0 Å². The maximum Gasteiger partial charge on any atom is 0.126 e. The zero-order valence-corrected chi connectivity index (χ0v) is 13.3. The third-order valence-corrected chi connectivity index (χ3v) is 5.56. The first-order valence-corrected chi connectivity index (χ1v) is 8.27. The largest absolute Gasteiger partial charge is 0.487 e. The fraction of sp³-hybridized carbons (Fsp3) is 0.647. The summed E-state index contributed by atoms with van der Waals surface area (Å²) in [5, 5.41) is 4.25. The van der Waals surface area contributed by atoms with Crippen molar-refractivity contribution in [2.45, 2.75) is 44.5 Å². The second-order valence-corrected chi connectivity index (χ2v) is 7.51. The summed E-state index contributed by atoms with van der Waals surface area (Å²) in [4.78, 5) is 0. The Labute approximate surface area is 131 Å². The van der Waals surface area contributed by atoms with Crippen molar-refractivity contribution in [3.63, 3.8) is 0 Å². The molecule has 3 aliphatic heterocycles. The van der Waals surface area contributed by atoms with Gasteiger partial charge in [-0.1, -0.05) is 11.6 Å². The molecule has 0 spiro atoms. The molecule has 4 atom stereocenters. The van der Waals surface area contributed by atoms with Crippen LogP contribution in [0.1, 0.15) is 38.4 Å². The van der Waals surface area contributed by atoms with Crippen molar-refractivity contribution in [2.75, 3.05) is 13.1 Å². The van der Waals surface area contributed by atoms with Crippen LogP contribution >= 0.6 is 11.6 Å². The summed E-state index contributed by atoms with van der Waals surface area (Å²) < 4.78 is 12.8. The SMILES string of the molecule is CC1(C)Oc2ccc(Cl)cc2[C@H]2O[C@H]3CCNC[C@@H]3C[C@@H]21. The average molecular weight is 308 g/mol. The van der Waals surface area contributed by atoms with Crippen molar-refractivity contribution in [3.05, 3.63) is 28.8 Å². The minimum Gasteiger partial charge on any atom is -0.487 e. The predicted molar refractivity (Wildman–Crippen MR) is 82.9 cm³/mol. The second kappa shape index (κ2) is 4.87. The van der Waals surface area contributed by atoms with Gasteiger partial charge in [0.15, 0.2) is 0 Å². The number of halogens is 1. The van der Waals surface area contributed by atoms with Gasteiger partial charge < -0.3 is 14.8 Å². The van der Waals surface area contributed by atoms with Crippen LogP contribution in [-0.4, -0.2) is 24.8 Å². The fourth-order valence-electron chi connectivity index (χ4n) is 4.18. The van der Waals surface area contributed by atoms with Crippen molar-refractivity contribution in [1.29, 1.82) is 0 Å². The second-order valence-electron chi connectivity index (χ2n) is 7.08. The normalized spacial score (nSPS) is 36.9. The topological polar surface area (TPSA) is 30.5 Å². The molecule has 0 radical (unpaired) electrons. The Hall–Kier alpha value is -0.770. The monoisotopic (exact) mass is 307 g/mol. The van der Waals surface area contributed by atoms with E-state index in [1.54, 1.807) is 0 Å². The quantitative estimate of drug-likeness (QED) is 0.795. The van der Waals surface area contributed by atoms with Crippen molar-refractivity contribution < 1.29 is 9.47 Å². The van der Waals surface area contributed by atoms with Crippen LogP contribution in [0, 0.1) is 11.8 Å². The molecular weight excluding hydrogens is 286 g/mol. The Morgan fingerprint density at radius 2 is 2.19 bits per heavy atom. The molecule has 0 aliphatic carbocycles. The number of hydrogen-bond acceptors (Lipinski definition) is 3. The van der Waals surface area contributed by atoms with Crippen LogP contribution in [0.15, 0.2) is 18.2 Å². The van der Waals surface area contributed by atoms with E-state index in [4.69, 9.17) is 21.1 Å². The fourth-order valence-corrected chi connectivity index (χ4v) is 4.36. The third kappa shape index (κ3) is 2.26. The molecule has 3 heterocycles. The molecule has 0 aromatic heterocycles. The molecule has 4 heteroatoms. The van der Waals surface area contributed by atoms with E-state index in [0.717, 1.165) is 42.3 Å². The smallest absolute Gasteiger partial charge is 0.126 e. The first-order valence-electron chi connectivity index (χ1n) is 7.89. The summed E-state index contributed by atoms with van der Waals surface area (Å²) in [6.45, 7) is 6.48. The van der Waals surface area contributed by atoms with Crippen molar-refractivity contribution in [1.82, 2.24) is 5.32 Å². The molecule has 0 saturated carbocycles. The minimum atomic E-state index is -0.200. The van der Waals surface area contributed by atoms with E-state index < -0.39 is 0 Å². The van der Waals surface area contributed by atoms with E-state index in [1.807, 2.05) is 18.2 Å². The van der Waals surface area contributed by atoms with E-state index in [9.17, 15) is 0 Å². The number of ether oxygens (including phenoxy) is 2. The number of nitrogens with one attached hydrogen (secondary N) is 1. The van der Waals surface area contributed by atoms with Crippen molar-refractivity contribution in [2.24, 2.45) is 11.8 Å². The molecule has 0 unspecified atom stereocenters. The van der Waals surface area contributed by atoms with Gasteiger partial charge in [-0.05, 0) is 57.4 Å². The van der Waals surface area contributed by atoms with Gasteiger partial charge in [-0.15, -0.1) is 0 Å². The molecular formula is C17H22ClNO2. The van der Waals surface area contributed by atoms with Gasteiger partial charge in [-0.2, -0.15) is 0 Å². The summed E-state index contributed by atoms with van der Waals surface area (Å²) in [5.41, 5.74) is 0.928. The predicted octanol–water partition coefficient (Wildman–Crippen LogP) is 3.57. The molecule has 4 rings (SSSR count). The van der Waals surface area contributed by atoms with Gasteiger partial charge in [-0.3, -0.25) is 0 Å². The molecule has 2 saturated heterocycles. The lowest BCUT2D eigenvalue weighted by Crippen LogP contribution is -2.54. The highest BCUT2D eigenvalue weighted by atomic mass is 35.5. The molecule has 3 aliphatic rings. The average Bonchev–Trinajstić information content (AvgIpc) is 2.47. The number of fused-ring (bicyclic) bond motifs is 4. The van der Waals surface area contributed by atoms with Gasteiger partial charge in [0.2, 0.25) is 0 Å². The van der Waals surface area contributed by atoms with E-state index in [-0.39, 0.29) is 11.7 Å². The lowest BCUT2D eigenvalue weighted by Gasteiger charge is -2.52. The van der Waals surface area contributed by atoms with E-state index >= 15 is 0 Å². The Bertz CT molecular complexity index is 560. The summed E-state index contributed by atoms with van der Waals surface area (Å²) >= 11 is 6.20. The maximum atomic E-state index is 6.53. The third-order valence-electron chi connectivity index (χ3n) is 5.33. The lowest BCUT2D eigenvalue weighted by molar-refractivity contribution is -0.178. The molecule has 114 valence electrons. The highest BCUT2D eigenvalue weighted by Gasteiger charge is 2.50. The molecule has 0 amide bonds. The first kappa shape index (κ1) is 13.9. The number of benzene rings is 1. The van der Waals surface area contributed by atoms with Crippen molar-refractivity contribution in [3.8, 4) is 5.75 Å². The van der Waals surface area contributed by atoms with Crippen LogP contribution in [0.4, 0.5) is 0 Å². The highest BCUT2D eigenvalue weighted by molar-refractivity contribution is 6.30. The Morgan fingerprint density at radius 3 is 3.05 bits per heavy atom. The Balaban J connectivity index is 1.74. The molecule has 1 aromatic carbocycles. The number of piperidine rings is 1. The van der Waals surface area contributed by atoms with Crippen molar-refractivity contribution >= 4 is 11.6 Å². The minimum absolute atomic E-state index is 0.113. The van der Waals surface area contributed by atoms with Crippen LogP contribution in [0.5, 0.6) is 5.75 Å². The summed E-state index contributed by atoms with van der Waals surface area (Å²) in [6, 6.07) is 5.89. The molecule has 2 fully saturated rings. The zero-order valence-electron chi connectivity index (χ0n) is 12.6. The molecule has 21 heavy (non-hydrogen) atoms. The molecule has 1 aromatic rings.